The Morgan fingerprint density at radius 3 is 2.52 bits per heavy atom. The van der Waals surface area contributed by atoms with Crippen molar-refractivity contribution in [2.45, 2.75) is 52.7 Å². The standard InChI is InChI=1S/C18H31NO2/c1-14(2)8-7-11-21-18(13-19-15(3)4)16-9-6-10-17(12-16)20-5/h6,9-10,12,14-15,18-19H,7-8,11,13H2,1-5H3. The molecule has 0 saturated carbocycles. The van der Waals surface area contributed by atoms with Crippen molar-refractivity contribution in [2.75, 3.05) is 20.3 Å². The van der Waals surface area contributed by atoms with E-state index in [9.17, 15) is 0 Å². The van der Waals surface area contributed by atoms with Crippen LogP contribution in [0.2, 0.25) is 0 Å². The molecule has 0 aliphatic carbocycles. The van der Waals surface area contributed by atoms with E-state index in [4.69, 9.17) is 9.47 Å². The molecule has 0 aromatic heterocycles. The van der Waals surface area contributed by atoms with Crippen molar-refractivity contribution in [3.63, 3.8) is 0 Å². The van der Waals surface area contributed by atoms with Crippen LogP contribution < -0.4 is 10.1 Å². The molecule has 0 bridgehead atoms. The van der Waals surface area contributed by atoms with Gasteiger partial charge in [0.15, 0.2) is 0 Å². The fourth-order valence-corrected chi connectivity index (χ4v) is 2.17. The summed E-state index contributed by atoms with van der Waals surface area (Å²) in [4.78, 5) is 0. The molecule has 120 valence electrons. The first kappa shape index (κ1) is 18.0. The summed E-state index contributed by atoms with van der Waals surface area (Å²) in [6.45, 7) is 10.4. The summed E-state index contributed by atoms with van der Waals surface area (Å²) in [5.74, 6) is 1.62. The highest BCUT2D eigenvalue weighted by Crippen LogP contribution is 2.22. The van der Waals surface area contributed by atoms with E-state index in [0.29, 0.717) is 6.04 Å². The van der Waals surface area contributed by atoms with E-state index in [-0.39, 0.29) is 6.10 Å². The Labute approximate surface area is 130 Å². The molecule has 0 aliphatic heterocycles. The molecule has 1 aromatic carbocycles. The summed E-state index contributed by atoms with van der Waals surface area (Å²) in [5, 5.41) is 3.47. The van der Waals surface area contributed by atoms with Gasteiger partial charge in [0.1, 0.15) is 5.75 Å². The van der Waals surface area contributed by atoms with E-state index in [0.717, 1.165) is 31.2 Å². The van der Waals surface area contributed by atoms with Gasteiger partial charge in [-0.3, -0.25) is 0 Å². The third kappa shape index (κ3) is 7.49. The molecule has 3 nitrogen and oxygen atoms in total. The van der Waals surface area contributed by atoms with Gasteiger partial charge in [-0.2, -0.15) is 0 Å². The minimum Gasteiger partial charge on any atom is -0.497 e. The molecular formula is C18H31NO2. The Hall–Kier alpha value is -1.06. The maximum atomic E-state index is 6.11. The van der Waals surface area contributed by atoms with Crippen molar-refractivity contribution in [1.29, 1.82) is 0 Å². The maximum absolute atomic E-state index is 6.11. The number of hydrogen-bond acceptors (Lipinski definition) is 3. The average molecular weight is 293 g/mol. The molecule has 0 fully saturated rings. The maximum Gasteiger partial charge on any atom is 0.119 e. The van der Waals surface area contributed by atoms with E-state index in [2.05, 4.69) is 45.1 Å². The zero-order valence-electron chi connectivity index (χ0n) is 14.2. The lowest BCUT2D eigenvalue weighted by atomic mass is 10.1. The fraction of sp³-hybridized carbons (Fsp3) is 0.667. The van der Waals surface area contributed by atoms with E-state index in [1.165, 1.54) is 12.0 Å². The van der Waals surface area contributed by atoms with Gasteiger partial charge in [0.25, 0.3) is 0 Å². The van der Waals surface area contributed by atoms with E-state index < -0.39 is 0 Å². The first-order valence-electron chi connectivity index (χ1n) is 8.01. The summed E-state index contributed by atoms with van der Waals surface area (Å²) >= 11 is 0. The van der Waals surface area contributed by atoms with Gasteiger partial charge in [0.05, 0.1) is 13.2 Å². The van der Waals surface area contributed by atoms with Crippen LogP contribution in [-0.2, 0) is 4.74 Å². The molecule has 3 heteroatoms. The lowest BCUT2D eigenvalue weighted by molar-refractivity contribution is 0.0473. The van der Waals surface area contributed by atoms with Crippen molar-refractivity contribution in [3.8, 4) is 5.75 Å². The number of benzene rings is 1. The summed E-state index contributed by atoms with van der Waals surface area (Å²) in [6, 6.07) is 8.62. The molecule has 21 heavy (non-hydrogen) atoms. The topological polar surface area (TPSA) is 30.5 Å². The van der Waals surface area contributed by atoms with Crippen LogP contribution in [0.25, 0.3) is 0 Å². The highest BCUT2D eigenvalue weighted by molar-refractivity contribution is 5.30. The highest BCUT2D eigenvalue weighted by Gasteiger charge is 2.13. The van der Waals surface area contributed by atoms with Crippen LogP contribution in [0.3, 0.4) is 0 Å². The molecule has 0 heterocycles. The second-order valence-electron chi connectivity index (χ2n) is 6.24. The second kappa shape index (κ2) is 9.80. The lowest BCUT2D eigenvalue weighted by Crippen LogP contribution is -2.29. The van der Waals surface area contributed by atoms with Crippen LogP contribution in [0.5, 0.6) is 5.75 Å². The third-order valence-electron chi connectivity index (χ3n) is 3.42. The summed E-state index contributed by atoms with van der Waals surface area (Å²) in [6.07, 6.45) is 2.40. The first-order chi connectivity index (χ1) is 10.0. The minimum atomic E-state index is 0.0784. The van der Waals surface area contributed by atoms with Gasteiger partial charge in [-0.25, -0.2) is 0 Å². The highest BCUT2D eigenvalue weighted by atomic mass is 16.5. The van der Waals surface area contributed by atoms with E-state index in [1.807, 2.05) is 12.1 Å². The smallest absolute Gasteiger partial charge is 0.119 e. The minimum absolute atomic E-state index is 0.0784. The molecule has 0 radical (unpaired) electrons. The van der Waals surface area contributed by atoms with Crippen LogP contribution in [0.15, 0.2) is 24.3 Å². The summed E-state index contributed by atoms with van der Waals surface area (Å²) < 4.78 is 11.4. The Balaban J connectivity index is 2.62. The predicted molar refractivity (Wildman–Crippen MR) is 88.9 cm³/mol. The van der Waals surface area contributed by atoms with Crippen molar-refractivity contribution in [3.05, 3.63) is 29.8 Å². The van der Waals surface area contributed by atoms with E-state index in [1.54, 1.807) is 7.11 Å². The molecule has 1 atom stereocenters. The molecule has 0 spiro atoms. The number of methoxy groups -OCH3 is 1. The third-order valence-corrected chi connectivity index (χ3v) is 3.42. The molecule has 0 aliphatic rings. The van der Waals surface area contributed by atoms with Gasteiger partial charge in [-0.15, -0.1) is 0 Å². The molecule has 1 N–H and O–H groups in total. The predicted octanol–water partition coefficient (Wildman–Crippen LogP) is 4.19. The number of nitrogens with one attached hydrogen (secondary N) is 1. The van der Waals surface area contributed by atoms with E-state index >= 15 is 0 Å². The zero-order chi connectivity index (χ0) is 15.7. The van der Waals surface area contributed by atoms with Crippen molar-refractivity contribution < 1.29 is 9.47 Å². The van der Waals surface area contributed by atoms with Crippen LogP contribution in [0, 0.1) is 5.92 Å². The second-order valence-corrected chi connectivity index (χ2v) is 6.24. The quantitative estimate of drug-likeness (QED) is 0.656. The number of rotatable bonds is 10. The first-order valence-corrected chi connectivity index (χ1v) is 8.01. The lowest BCUT2D eigenvalue weighted by Gasteiger charge is -2.21. The van der Waals surface area contributed by atoms with Crippen LogP contribution in [0.1, 0.15) is 52.2 Å². The van der Waals surface area contributed by atoms with Crippen LogP contribution in [-0.4, -0.2) is 26.3 Å². The number of hydrogen-bond donors (Lipinski definition) is 1. The number of ether oxygens (including phenoxy) is 2. The summed E-state index contributed by atoms with van der Waals surface area (Å²) in [5.41, 5.74) is 1.17. The molecule has 1 aromatic rings. The Bertz CT molecular complexity index is 391. The summed E-state index contributed by atoms with van der Waals surface area (Å²) in [7, 11) is 1.70. The normalized spacial score (nSPS) is 12.9. The van der Waals surface area contributed by atoms with Gasteiger partial charge >= 0.3 is 0 Å². The van der Waals surface area contributed by atoms with Crippen molar-refractivity contribution in [1.82, 2.24) is 5.32 Å². The monoisotopic (exact) mass is 293 g/mol. The van der Waals surface area contributed by atoms with Crippen LogP contribution >= 0.6 is 0 Å². The fourth-order valence-electron chi connectivity index (χ4n) is 2.17. The van der Waals surface area contributed by atoms with Crippen molar-refractivity contribution >= 4 is 0 Å². The Morgan fingerprint density at radius 1 is 1.14 bits per heavy atom. The molecular weight excluding hydrogens is 262 g/mol. The molecule has 1 unspecified atom stereocenters. The SMILES string of the molecule is COc1cccc(C(CNC(C)C)OCCCC(C)C)c1. The Morgan fingerprint density at radius 2 is 1.90 bits per heavy atom. The molecule has 0 saturated heterocycles. The molecule has 1 rings (SSSR count). The van der Waals surface area contributed by atoms with Gasteiger partial charge in [-0.05, 0) is 36.5 Å². The largest absolute Gasteiger partial charge is 0.497 e. The average Bonchev–Trinajstić information content (AvgIpc) is 2.46. The van der Waals surface area contributed by atoms with Crippen molar-refractivity contribution in [2.24, 2.45) is 5.92 Å². The zero-order valence-corrected chi connectivity index (χ0v) is 14.2. The van der Waals surface area contributed by atoms with Gasteiger partial charge in [0, 0.05) is 19.2 Å². The van der Waals surface area contributed by atoms with Crippen LogP contribution in [0.4, 0.5) is 0 Å². The van der Waals surface area contributed by atoms with Gasteiger partial charge < -0.3 is 14.8 Å². The Kier molecular flexibility index (Phi) is 8.40. The van der Waals surface area contributed by atoms with Gasteiger partial charge in [0.2, 0.25) is 0 Å². The molecule has 0 amide bonds. The van der Waals surface area contributed by atoms with Gasteiger partial charge in [-0.1, -0.05) is 39.8 Å².